The zero-order chi connectivity index (χ0) is 21.7. The van der Waals surface area contributed by atoms with E-state index in [-0.39, 0.29) is 5.56 Å². The molecule has 0 aliphatic carbocycles. The molecule has 0 unspecified atom stereocenters. The Bertz CT molecular complexity index is 1140. The van der Waals surface area contributed by atoms with Crippen LogP contribution in [-0.4, -0.2) is 11.1 Å². The zero-order valence-electron chi connectivity index (χ0n) is 15.4. The predicted octanol–water partition coefficient (Wildman–Crippen LogP) is 6.89. The van der Waals surface area contributed by atoms with E-state index in [9.17, 15) is 10.1 Å². The van der Waals surface area contributed by atoms with Gasteiger partial charge in [0, 0.05) is 10.6 Å². The highest BCUT2D eigenvalue weighted by Gasteiger charge is 2.11. The molecular formula is C23H14ClI2NO3. The maximum Gasteiger partial charge on any atom is 0.335 e. The van der Waals surface area contributed by atoms with Crippen LogP contribution in [0.5, 0.6) is 5.75 Å². The van der Waals surface area contributed by atoms with E-state index in [1.165, 1.54) is 12.1 Å². The minimum atomic E-state index is -1.000. The number of nitriles is 1. The topological polar surface area (TPSA) is 70.3 Å². The van der Waals surface area contributed by atoms with Crippen molar-refractivity contribution in [3.05, 3.63) is 95.1 Å². The molecule has 0 saturated carbocycles. The lowest BCUT2D eigenvalue weighted by atomic mass is 10.0. The van der Waals surface area contributed by atoms with Gasteiger partial charge in [0.25, 0.3) is 0 Å². The first-order chi connectivity index (χ1) is 14.4. The lowest BCUT2D eigenvalue weighted by Crippen LogP contribution is -2.00. The molecular weight excluding hydrogens is 628 g/mol. The molecule has 1 N–H and O–H groups in total. The second-order valence-electron chi connectivity index (χ2n) is 6.25. The molecule has 0 bridgehead atoms. The first kappa shape index (κ1) is 22.6. The molecule has 3 aromatic rings. The third kappa shape index (κ3) is 5.53. The number of halogens is 3. The van der Waals surface area contributed by atoms with Gasteiger partial charge >= 0.3 is 5.97 Å². The summed E-state index contributed by atoms with van der Waals surface area (Å²) in [4.78, 5) is 11.0. The number of rotatable bonds is 6. The lowest BCUT2D eigenvalue weighted by Gasteiger charge is -2.12. The number of hydrogen-bond donors (Lipinski definition) is 1. The number of carbonyl (C=O) groups is 1. The van der Waals surface area contributed by atoms with Gasteiger partial charge in [-0.1, -0.05) is 41.9 Å². The third-order valence-corrected chi connectivity index (χ3v) is 6.20. The summed E-state index contributed by atoms with van der Waals surface area (Å²) in [7, 11) is 0. The number of benzene rings is 3. The molecule has 0 spiro atoms. The van der Waals surface area contributed by atoms with Crippen LogP contribution in [0.4, 0.5) is 0 Å². The van der Waals surface area contributed by atoms with Crippen molar-refractivity contribution in [1.29, 1.82) is 5.26 Å². The fourth-order valence-electron chi connectivity index (χ4n) is 2.71. The number of hydrogen-bond acceptors (Lipinski definition) is 3. The molecule has 0 radical (unpaired) electrons. The van der Waals surface area contributed by atoms with E-state index in [0.29, 0.717) is 22.8 Å². The Labute approximate surface area is 206 Å². The van der Waals surface area contributed by atoms with E-state index in [2.05, 4.69) is 51.3 Å². The van der Waals surface area contributed by atoms with Crippen molar-refractivity contribution in [2.24, 2.45) is 0 Å². The second kappa shape index (κ2) is 10.3. The molecule has 0 aliphatic heterocycles. The van der Waals surface area contributed by atoms with Gasteiger partial charge in [0.1, 0.15) is 12.4 Å². The molecule has 0 saturated heterocycles. The third-order valence-electron chi connectivity index (χ3n) is 4.22. The molecule has 0 atom stereocenters. The fraction of sp³-hybridized carbons (Fsp3) is 0.0435. The van der Waals surface area contributed by atoms with Crippen LogP contribution < -0.4 is 4.74 Å². The van der Waals surface area contributed by atoms with Crippen molar-refractivity contribution >= 4 is 74.4 Å². The highest BCUT2D eigenvalue weighted by atomic mass is 127. The number of aromatic carboxylic acids is 1. The molecule has 0 aliphatic rings. The molecule has 7 heteroatoms. The van der Waals surface area contributed by atoms with Crippen molar-refractivity contribution in [2.45, 2.75) is 6.61 Å². The largest absolute Gasteiger partial charge is 0.487 e. The number of carboxylic acids is 1. The molecule has 0 fully saturated rings. The van der Waals surface area contributed by atoms with Crippen molar-refractivity contribution < 1.29 is 14.6 Å². The van der Waals surface area contributed by atoms with Crippen LogP contribution in [-0.2, 0) is 6.61 Å². The van der Waals surface area contributed by atoms with Crippen molar-refractivity contribution in [2.75, 3.05) is 0 Å². The lowest BCUT2D eigenvalue weighted by molar-refractivity contribution is 0.0697. The number of carboxylic acid groups (broad SMARTS) is 1. The number of allylic oxidation sites excluding steroid dienone is 1. The van der Waals surface area contributed by atoms with E-state index < -0.39 is 5.97 Å². The van der Waals surface area contributed by atoms with Gasteiger partial charge < -0.3 is 9.84 Å². The Morgan fingerprint density at radius 2 is 1.67 bits per heavy atom. The Kier molecular flexibility index (Phi) is 7.75. The second-order valence-corrected chi connectivity index (χ2v) is 8.98. The first-order valence-electron chi connectivity index (χ1n) is 8.70. The summed E-state index contributed by atoms with van der Waals surface area (Å²) in [6, 6.07) is 19.9. The average Bonchev–Trinajstić information content (AvgIpc) is 2.72. The number of nitrogens with zero attached hydrogens (tertiary/aromatic N) is 1. The van der Waals surface area contributed by atoms with Crippen LogP contribution in [0.2, 0.25) is 5.02 Å². The van der Waals surface area contributed by atoms with Gasteiger partial charge in [-0.05, 0) is 92.7 Å². The fourth-order valence-corrected chi connectivity index (χ4v) is 5.02. The van der Waals surface area contributed by atoms with Gasteiger partial charge in [0.2, 0.25) is 0 Å². The summed E-state index contributed by atoms with van der Waals surface area (Å²) < 4.78 is 7.83. The Balaban J connectivity index is 1.85. The maximum absolute atomic E-state index is 11.0. The molecule has 4 nitrogen and oxygen atoms in total. The summed E-state index contributed by atoms with van der Waals surface area (Å²) >= 11 is 10.6. The summed E-state index contributed by atoms with van der Waals surface area (Å²) in [6.07, 6.45) is 1.78. The van der Waals surface area contributed by atoms with E-state index >= 15 is 0 Å². The molecule has 3 aromatic carbocycles. The van der Waals surface area contributed by atoms with Gasteiger partial charge in [-0.15, -0.1) is 0 Å². The molecule has 0 amide bonds. The Morgan fingerprint density at radius 3 is 2.23 bits per heavy atom. The summed E-state index contributed by atoms with van der Waals surface area (Å²) in [6.45, 7) is 0.361. The van der Waals surface area contributed by atoms with Gasteiger partial charge in [0.05, 0.1) is 24.3 Å². The normalized spacial score (nSPS) is 11.1. The van der Waals surface area contributed by atoms with Crippen LogP contribution in [0, 0.1) is 18.5 Å². The summed E-state index contributed by atoms with van der Waals surface area (Å²) in [5.41, 5.74) is 3.05. The molecule has 30 heavy (non-hydrogen) atoms. The Hall–Kier alpha value is -2.09. The molecule has 0 heterocycles. The van der Waals surface area contributed by atoms with E-state index in [0.717, 1.165) is 24.0 Å². The smallest absolute Gasteiger partial charge is 0.335 e. The van der Waals surface area contributed by atoms with Gasteiger partial charge in [-0.25, -0.2) is 4.79 Å². The van der Waals surface area contributed by atoms with Crippen LogP contribution >= 0.6 is 56.8 Å². The molecule has 0 aromatic heterocycles. The first-order valence-corrected chi connectivity index (χ1v) is 11.2. The van der Waals surface area contributed by atoms with Crippen LogP contribution in [0.15, 0.2) is 60.7 Å². The standard InChI is InChI=1S/C23H14ClI2NO3/c24-19-4-2-1-3-17(19)13-30-22-20(25)10-14(11-21(22)26)9-18(12-27)15-5-7-16(8-6-15)23(28)29/h1-11H,13H2,(H,28,29)/b18-9-. The maximum atomic E-state index is 11.0. The van der Waals surface area contributed by atoms with Gasteiger partial charge in [0.15, 0.2) is 0 Å². The van der Waals surface area contributed by atoms with Gasteiger partial charge in [-0.3, -0.25) is 0 Å². The zero-order valence-corrected chi connectivity index (χ0v) is 20.5. The molecule has 150 valence electrons. The highest BCUT2D eigenvalue weighted by molar-refractivity contribution is 14.1. The number of ether oxygens (including phenoxy) is 1. The minimum absolute atomic E-state index is 0.181. The van der Waals surface area contributed by atoms with Gasteiger partial charge in [-0.2, -0.15) is 5.26 Å². The van der Waals surface area contributed by atoms with Crippen molar-refractivity contribution in [3.8, 4) is 11.8 Å². The highest BCUT2D eigenvalue weighted by Crippen LogP contribution is 2.32. The van der Waals surface area contributed by atoms with Crippen LogP contribution in [0.3, 0.4) is 0 Å². The Morgan fingerprint density at radius 1 is 1.07 bits per heavy atom. The van der Waals surface area contributed by atoms with Crippen molar-refractivity contribution in [1.82, 2.24) is 0 Å². The van der Waals surface area contributed by atoms with Crippen LogP contribution in [0.1, 0.15) is 27.0 Å². The van der Waals surface area contributed by atoms with E-state index in [1.807, 2.05) is 36.4 Å². The van der Waals surface area contributed by atoms with Crippen LogP contribution in [0.25, 0.3) is 11.6 Å². The SMILES string of the molecule is N#C/C(=C/c1cc(I)c(OCc2ccccc2Cl)c(I)c1)c1ccc(C(=O)O)cc1. The van der Waals surface area contributed by atoms with E-state index in [4.69, 9.17) is 21.4 Å². The summed E-state index contributed by atoms with van der Waals surface area (Å²) in [5, 5.41) is 19.3. The molecule has 3 rings (SSSR count). The minimum Gasteiger partial charge on any atom is -0.487 e. The summed E-state index contributed by atoms with van der Waals surface area (Å²) in [5.74, 6) is -0.238. The quantitative estimate of drug-likeness (QED) is 0.181. The monoisotopic (exact) mass is 641 g/mol. The average molecular weight is 642 g/mol. The van der Waals surface area contributed by atoms with Crippen molar-refractivity contribution in [3.63, 3.8) is 0 Å². The van der Waals surface area contributed by atoms with E-state index in [1.54, 1.807) is 18.2 Å². The predicted molar refractivity (Wildman–Crippen MR) is 135 cm³/mol.